The fourth-order valence-electron chi connectivity index (χ4n) is 1.78. The predicted octanol–water partition coefficient (Wildman–Crippen LogP) is 0.364. The number of rotatable bonds is 3. The normalized spacial score (nSPS) is 23.7. The third-order valence-electron chi connectivity index (χ3n) is 2.65. The molecule has 0 N–H and O–H groups in total. The minimum absolute atomic E-state index is 0.0283. The molecule has 1 rings (SSSR count). The Kier molecular flexibility index (Phi) is 4.10. The van der Waals surface area contributed by atoms with Crippen molar-refractivity contribution in [3.63, 3.8) is 0 Å². The van der Waals surface area contributed by atoms with Crippen molar-refractivity contribution in [2.24, 2.45) is 0 Å². The number of ether oxygens (including phenoxy) is 1. The van der Waals surface area contributed by atoms with E-state index in [-0.39, 0.29) is 5.75 Å². The van der Waals surface area contributed by atoms with Gasteiger partial charge in [-0.1, -0.05) is 0 Å². The van der Waals surface area contributed by atoms with Gasteiger partial charge in [0.2, 0.25) is 10.0 Å². The van der Waals surface area contributed by atoms with Crippen molar-refractivity contribution in [2.75, 3.05) is 19.4 Å². The Bertz CT molecular complexity index is 325. The van der Waals surface area contributed by atoms with Crippen LogP contribution in [-0.2, 0) is 19.6 Å². The molecule has 1 aliphatic rings. The lowest BCUT2D eigenvalue weighted by Gasteiger charge is -2.32. The Hall–Kier alpha value is -0.620. The molecule has 1 saturated heterocycles. The van der Waals surface area contributed by atoms with Crippen LogP contribution >= 0.6 is 0 Å². The van der Waals surface area contributed by atoms with Gasteiger partial charge in [-0.25, -0.2) is 8.42 Å². The molecule has 1 aliphatic heterocycles. The summed E-state index contributed by atoms with van der Waals surface area (Å²) in [6, 6.07) is -0.617. The van der Waals surface area contributed by atoms with E-state index in [1.54, 1.807) is 6.92 Å². The molecule has 0 unspecified atom stereocenters. The number of carbonyl (C=O) groups is 1. The average molecular weight is 235 g/mol. The highest BCUT2D eigenvalue weighted by atomic mass is 32.2. The van der Waals surface area contributed by atoms with Gasteiger partial charge in [0.05, 0.1) is 12.9 Å². The molecular weight excluding hydrogens is 218 g/mol. The molecule has 0 saturated carbocycles. The number of nitrogens with zero attached hydrogens (tertiary/aromatic N) is 1. The molecule has 0 aromatic rings. The number of hydrogen-bond acceptors (Lipinski definition) is 4. The SMILES string of the molecule is CCS(=O)(=O)N1CCCC[C@@H]1C(=O)OC. The summed E-state index contributed by atoms with van der Waals surface area (Å²) in [5, 5.41) is 0. The van der Waals surface area contributed by atoms with Gasteiger partial charge in [-0.05, 0) is 26.2 Å². The monoisotopic (exact) mass is 235 g/mol. The van der Waals surface area contributed by atoms with Crippen molar-refractivity contribution in [3.8, 4) is 0 Å². The molecule has 5 nitrogen and oxygen atoms in total. The Morgan fingerprint density at radius 3 is 2.67 bits per heavy atom. The van der Waals surface area contributed by atoms with Crippen molar-refractivity contribution in [1.29, 1.82) is 0 Å². The third-order valence-corrected chi connectivity index (χ3v) is 4.53. The molecule has 1 heterocycles. The first-order chi connectivity index (χ1) is 7.03. The van der Waals surface area contributed by atoms with E-state index in [0.29, 0.717) is 13.0 Å². The maximum Gasteiger partial charge on any atom is 0.324 e. The van der Waals surface area contributed by atoms with Crippen LogP contribution in [0, 0.1) is 0 Å². The van der Waals surface area contributed by atoms with Gasteiger partial charge in [-0.3, -0.25) is 4.79 Å². The zero-order valence-corrected chi connectivity index (χ0v) is 9.92. The number of carbonyl (C=O) groups excluding carboxylic acids is 1. The zero-order valence-electron chi connectivity index (χ0n) is 9.10. The summed E-state index contributed by atoms with van der Waals surface area (Å²) in [6.45, 7) is 2.01. The van der Waals surface area contributed by atoms with E-state index >= 15 is 0 Å². The summed E-state index contributed by atoms with van der Waals surface area (Å²) in [4.78, 5) is 11.4. The van der Waals surface area contributed by atoms with E-state index in [2.05, 4.69) is 4.74 Å². The van der Waals surface area contributed by atoms with Crippen LogP contribution in [0.2, 0.25) is 0 Å². The Morgan fingerprint density at radius 1 is 1.47 bits per heavy atom. The molecule has 88 valence electrons. The molecule has 0 radical (unpaired) electrons. The lowest BCUT2D eigenvalue weighted by Crippen LogP contribution is -2.48. The summed E-state index contributed by atoms with van der Waals surface area (Å²) in [5.74, 6) is -0.424. The molecule has 0 bridgehead atoms. The first kappa shape index (κ1) is 12.4. The van der Waals surface area contributed by atoms with Gasteiger partial charge in [-0.2, -0.15) is 4.31 Å². The number of methoxy groups -OCH3 is 1. The van der Waals surface area contributed by atoms with Gasteiger partial charge in [-0.15, -0.1) is 0 Å². The third kappa shape index (κ3) is 2.69. The summed E-state index contributed by atoms with van der Waals surface area (Å²) in [6.07, 6.45) is 2.24. The summed E-state index contributed by atoms with van der Waals surface area (Å²) >= 11 is 0. The second-order valence-electron chi connectivity index (χ2n) is 3.55. The Morgan fingerprint density at radius 2 is 2.13 bits per heavy atom. The van der Waals surface area contributed by atoms with Crippen LogP contribution in [0.5, 0.6) is 0 Å². The van der Waals surface area contributed by atoms with E-state index < -0.39 is 22.0 Å². The van der Waals surface area contributed by atoms with Gasteiger partial charge < -0.3 is 4.74 Å². The molecule has 6 heteroatoms. The highest BCUT2D eigenvalue weighted by Gasteiger charge is 2.36. The average Bonchev–Trinajstić information content (AvgIpc) is 2.28. The van der Waals surface area contributed by atoms with E-state index in [4.69, 9.17) is 0 Å². The number of hydrogen-bond donors (Lipinski definition) is 0. The quantitative estimate of drug-likeness (QED) is 0.663. The largest absolute Gasteiger partial charge is 0.468 e. The number of sulfonamides is 1. The summed E-state index contributed by atoms with van der Waals surface area (Å²) < 4.78 is 29.3. The Labute approximate surface area is 90.4 Å². The topological polar surface area (TPSA) is 63.7 Å². The number of esters is 1. The van der Waals surface area contributed by atoms with Gasteiger partial charge in [0.25, 0.3) is 0 Å². The smallest absolute Gasteiger partial charge is 0.324 e. The molecule has 1 atom stereocenters. The van der Waals surface area contributed by atoms with E-state index in [1.807, 2.05) is 0 Å². The molecule has 15 heavy (non-hydrogen) atoms. The van der Waals surface area contributed by atoms with Gasteiger partial charge in [0, 0.05) is 6.54 Å². The maximum atomic E-state index is 11.7. The highest BCUT2D eigenvalue weighted by Crippen LogP contribution is 2.21. The minimum atomic E-state index is -3.29. The standard InChI is InChI=1S/C9H17NO4S/c1-3-15(12,13)10-7-5-4-6-8(10)9(11)14-2/h8H,3-7H2,1-2H3/t8-/m1/s1. The second kappa shape index (κ2) is 4.94. The zero-order chi connectivity index (χ0) is 11.5. The maximum absolute atomic E-state index is 11.7. The molecule has 1 fully saturated rings. The fourth-order valence-corrected chi connectivity index (χ4v) is 3.09. The van der Waals surface area contributed by atoms with Crippen molar-refractivity contribution < 1.29 is 17.9 Å². The molecular formula is C9H17NO4S. The molecule has 0 amide bonds. The van der Waals surface area contributed by atoms with Crippen molar-refractivity contribution in [1.82, 2.24) is 4.31 Å². The van der Waals surface area contributed by atoms with Gasteiger partial charge in [0.1, 0.15) is 6.04 Å². The van der Waals surface area contributed by atoms with Crippen LogP contribution in [0.1, 0.15) is 26.2 Å². The van der Waals surface area contributed by atoms with Crippen LogP contribution in [0.4, 0.5) is 0 Å². The molecule has 0 aromatic heterocycles. The second-order valence-corrected chi connectivity index (χ2v) is 5.76. The predicted molar refractivity (Wildman–Crippen MR) is 55.8 cm³/mol. The first-order valence-electron chi connectivity index (χ1n) is 5.10. The van der Waals surface area contributed by atoms with Gasteiger partial charge >= 0.3 is 5.97 Å². The van der Waals surface area contributed by atoms with E-state index in [0.717, 1.165) is 12.8 Å². The van der Waals surface area contributed by atoms with Crippen LogP contribution in [0.25, 0.3) is 0 Å². The molecule has 0 aliphatic carbocycles. The lowest BCUT2D eigenvalue weighted by atomic mass is 10.1. The minimum Gasteiger partial charge on any atom is -0.468 e. The molecule has 0 spiro atoms. The van der Waals surface area contributed by atoms with Crippen LogP contribution in [0.15, 0.2) is 0 Å². The van der Waals surface area contributed by atoms with Gasteiger partial charge in [0.15, 0.2) is 0 Å². The summed E-state index contributed by atoms with van der Waals surface area (Å²) in [5.41, 5.74) is 0. The van der Waals surface area contributed by atoms with Crippen molar-refractivity contribution >= 4 is 16.0 Å². The van der Waals surface area contributed by atoms with Crippen molar-refractivity contribution in [2.45, 2.75) is 32.2 Å². The molecule has 0 aromatic carbocycles. The first-order valence-corrected chi connectivity index (χ1v) is 6.71. The Balaban J connectivity index is 2.88. The van der Waals surface area contributed by atoms with Crippen LogP contribution < -0.4 is 0 Å². The van der Waals surface area contributed by atoms with E-state index in [1.165, 1.54) is 11.4 Å². The highest BCUT2D eigenvalue weighted by molar-refractivity contribution is 7.89. The van der Waals surface area contributed by atoms with Crippen molar-refractivity contribution in [3.05, 3.63) is 0 Å². The lowest BCUT2D eigenvalue weighted by molar-refractivity contribution is -0.146. The van der Waals surface area contributed by atoms with Crippen LogP contribution in [0.3, 0.4) is 0 Å². The number of piperidine rings is 1. The van der Waals surface area contributed by atoms with Crippen LogP contribution in [-0.4, -0.2) is 44.1 Å². The summed E-state index contributed by atoms with van der Waals surface area (Å²) in [7, 11) is -2.01. The fraction of sp³-hybridized carbons (Fsp3) is 0.889. The van der Waals surface area contributed by atoms with E-state index in [9.17, 15) is 13.2 Å².